The Kier molecular flexibility index (Phi) is 7.77. The lowest BCUT2D eigenvalue weighted by Gasteiger charge is -2.37. The van der Waals surface area contributed by atoms with E-state index in [-0.39, 0.29) is 12.5 Å². The van der Waals surface area contributed by atoms with E-state index in [1.54, 1.807) is 24.6 Å². The molecule has 3 aromatic rings. The third-order valence-corrected chi connectivity index (χ3v) is 7.10. The molecule has 32 heavy (non-hydrogen) atoms. The Labute approximate surface area is 193 Å². The lowest BCUT2D eigenvalue weighted by Crippen LogP contribution is -2.42. The van der Waals surface area contributed by atoms with Gasteiger partial charge in [0.1, 0.15) is 5.75 Å². The van der Waals surface area contributed by atoms with Gasteiger partial charge in [0.2, 0.25) is 0 Å². The fourth-order valence-electron chi connectivity index (χ4n) is 4.57. The third kappa shape index (κ3) is 5.48. The van der Waals surface area contributed by atoms with Gasteiger partial charge < -0.3 is 14.9 Å². The van der Waals surface area contributed by atoms with Crippen LogP contribution in [0.1, 0.15) is 36.5 Å². The summed E-state index contributed by atoms with van der Waals surface area (Å²) in [5, 5.41) is 26.0. The summed E-state index contributed by atoms with van der Waals surface area (Å²) in [5.41, 5.74) is 2.81. The molecule has 3 heterocycles. The second-order valence-electron chi connectivity index (χ2n) is 8.42. The Bertz CT molecular complexity index is 1070. The van der Waals surface area contributed by atoms with Gasteiger partial charge in [-0.25, -0.2) is 0 Å². The highest BCUT2D eigenvalue weighted by Crippen LogP contribution is 2.33. The van der Waals surface area contributed by atoms with Crippen LogP contribution in [0.2, 0.25) is 0 Å². The number of likely N-dealkylation sites (tertiary alicyclic amines) is 1. The molecule has 2 N–H and O–H groups in total. The highest BCUT2D eigenvalue weighted by molar-refractivity contribution is 7.08. The summed E-state index contributed by atoms with van der Waals surface area (Å²) in [6, 6.07) is 9.67. The molecule has 0 saturated carbocycles. The minimum atomic E-state index is -0.568. The zero-order valence-corrected chi connectivity index (χ0v) is 19.2. The number of pyridine rings is 1. The average molecular weight is 451 g/mol. The van der Waals surface area contributed by atoms with Crippen molar-refractivity contribution in [2.45, 2.75) is 25.4 Å². The molecule has 0 radical (unpaired) electrons. The van der Waals surface area contributed by atoms with Crippen molar-refractivity contribution in [1.29, 1.82) is 0 Å². The van der Waals surface area contributed by atoms with Crippen molar-refractivity contribution >= 4 is 22.2 Å². The number of thiophene rings is 1. The number of benzene rings is 1. The van der Waals surface area contributed by atoms with Crippen LogP contribution in [-0.4, -0.2) is 53.4 Å². The van der Waals surface area contributed by atoms with Gasteiger partial charge in [0.25, 0.3) is 0 Å². The van der Waals surface area contributed by atoms with Crippen molar-refractivity contribution in [3.05, 3.63) is 58.4 Å². The van der Waals surface area contributed by atoms with Crippen molar-refractivity contribution in [3.63, 3.8) is 0 Å². The van der Waals surface area contributed by atoms with Crippen molar-refractivity contribution < 1.29 is 14.9 Å². The van der Waals surface area contributed by atoms with Gasteiger partial charge in [-0.3, -0.25) is 9.88 Å². The molecule has 0 aliphatic carbocycles. The maximum Gasteiger partial charge on any atom is 0.119 e. The van der Waals surface area contributed by atoms with Crippen LogP contribution in [0.4, 0.5) is 0 Å². The molecule has 1 fully saturated rings. The largest absolute Gasteiger partial charge is 0.497 e. The van der Waals surface area contributed by atoms with Gasteiger partial charge >= 0.3 is 0 Å². The molecule has 1 aromatic carbocycles. The molecular formula is C26H30N2O3S. The highest BCUT2D eigenvalue weighted by Gasteiger charge is 2.29. The average Bonchev–Trinajstić information content (AvgIpc) is 3.35. The molecular weight excluding hydrogens is 420 g/mol. The normalized spacial score (nSPS) is 20.0. The molecule has 168 valence electrons. The summed E-state index contributed by atoms with van der Waals surface area (Å²) in [6.07, 6.45) is 3.74. The lowest BCUT2D eigenvalue weighted by molar-refractivity contribution is 0.0640. The first-order chi connectivity index (χ1) is 15.7. The Morgan fingerprint density at radius 1 is 1.28 bits per heavy atom. The van der Waals surface area contributed by atoms with Crippen molar-refractivity contribution in [3.8, 4) is 17.6 Å². The van der Waals surface area contributed by atoms with Crippen LogP contribution >= 0.6 is 11.3 Å². The van der Waals surface area contributed by atoms with E-state index in [1.807, 2.05) is 35.7 Å². The van der Waals surface area contributed by atoms with Crippen LogP contribution in [0.5, 0.6) is 5.75 Å². The van der Waals surface area contributed by atoms with Gasteiger partial charge in [-0.1, -0.05) is 11.8 Å². The summed E-state index contributed by atoms with van der Waals surface area (Å²) < 4.78 is 5.35. The minimum Gasteiger partial charge on any atom is -0.497 e. The molecule has 6 heteroatoms. The van der Waals surface area contributed by atoms with E-state index in [0.29, 0.717) is 12.3 Å². The zero-order valence-electron chi connectivity index (χ0n) is 18.4. The predicted molar refractivity (Wildman–Crippen MR) is 129 cm³/mol. The van der Waals surface area contributed by atoms with Gasteiger partial charge in [0, 0.05) is 35.7 Å². The maximum absolute atomic E-state index is 11.0. The summed E-state index contributed by atoms with van der Waals surface area (Å²) in [7, 11) is 1.64. The summed E-state index contributed by atoms with van der Waals surface area (Å²) in [6.45, 7) is 2.73. The molecule has 1 aliphatic heterocycles. The van der Waals surface area contributed by atoms with Crippen molar-refractivity contribution in [1.82, 2.24) is 9.88 Å². The first kappa shape index (κ1) is 22.8. The minimum absolute atomic E-state index is 0.171. The van der Waals surface area contributed by atoms with E-state index in [9.17, 15) is 10.2 Å². The number of fused-ring (bicyclic) bond motifs is 1. The topological polar surface area (TPSA) is 65.8 Å². The molecule has 4 rings (SSSR count). The fourth-order valence-corrected chi connectivity index (χ4v) is 5.15. The second kappa shape index (κ2) is 10.9. The monoisotopic (exact) mass is 450 g/mol. The van der Waals surface area contributed by atoms with E-state index in [0.717, 1.165) is 60.3 Å². The number of aliphatic hydroxyl groups is 2. The molecule has 0 amide bonds. The van der Waals surface area contributed by atoms with Gasteiger partial charge in [0.15, 0.2) is 0 Å². The van der Waals surface area contributed by atoms with E-state index >= 15 is 0 Å². The third-order valence-electron chi connectivity index (χ3n) is 6.42. The molecule has 2 aromatic heterocycles. The van der Waals surface area contributed by atoms with Crippen LogP contribution in [-0.2, 0) is 0 Å². The number of ether oxygens (including phenoxy) is 1. The molecule has 0 spiro atoms. The van der Waals surface area contributed by atoms with Crippen molar-refractivity contribution in [2.24, 2.45) is 11.8 Å². The number of piperidine rings is 1. The molecule has 1 saturated heterocycles. The number of hydrogen-bond donors (Lipinski definition) is 2. The van der Waals surface area contributed by atoms with Crippen LogP contribution in [0, 0.1) is 23.7 Å². The number of hydrogen-bond acceptors (Lipinski definition) is 6. The van der Waals surface area contributed by atoms with Gasteiger partial charge in [-0.2, -0.15) is 11.3 Å². The Balaban J connectivity index is 1.35. The number of methoxy groups -OCH3 is 1. The molecule has 3 atom stereocenters. The first-order valence-electron chi connectivity index (χ1n) is 11.1. The van der Waals surface area contributed by atoms with E-state index < -0.39 is 6.10 Å². The summed E-state index contributed by atoms with van der Waals surface area (Å²) in [4.78, 5) is 6.74. The van der Waals surface area contributed by atoms with Gasteiger partial charge in [-0.15, -0.1) is 0 Å². The fraction of sp³-hybridized carbons (Fsp3) is 0.423. The van der Waals surface area contributed by atoms with Crippen LogP contribution < -0.4 is 4.74 Å². The summed E-state index contributed by atoms with van der Waals surface area (Å²) >= 11 is 1.66. The Hall–Kier alpha value is -2.43. The number of nitrogens with zero attached hydrogens (tertiary/aromatic N) is 2. The molecule has 5 nitrogen and oxygen atoms in total. The second-order valence-corrected chi connectivity index (χ2v) is 9.20. The maximum atomic E-state index is 11.0. The Morgan fingerprint density at radius 2 is 2.19 bits per heavy atom. The van der Waals surface area contributed by atoms with Gasteiger partial charge in [0.05, 0.1) is 25.3 Å². The quantitative estimate of drug-likeness (QED) is 0.531. The van der Waals surface area contributed by atoms with Crippen molar-refractivity contribution in [2.75, 3.05) is 33.4 Å². The van der Waals surface area contributed by atoms with Crippen LogP contribution in [0.25, 0.3) is 10.9 Å². The number of aliphatic hydroxyl groups excluding tert-OH is 2. The lowest BCUT2D eigenvalue weighted by atomic mass is 9.81. The molecule has 0 unspecified atom stereocenters. The number of aromatic nitrogens is 1. The standard InChI is InChI=1S/C26H30N2O3S/c1-31-22-5-6-25-24(15-22)23(8-11-27-25)26(30)7-4-20-9-13-28(16-21(20)17-29)12-2-3-19-10-14-32-18-19/h5-6,8,10-11,14-15,18,20-21,26,29-30H,4,7,9,12-13,16-17H2,1H3/t20-,21-,26-/m1/s1. The summed E-state index contributed by atoms with van der Waals surface area (Å²) in [5.74, 6) is 7.84. The Morgan fingerprint density at radius 3 is 2.97 bits per heavy atom. The SMILES string of the molecule is COc1ccc2nccc([C@H](O)CC[C@@H]3CCN(CC#Cc4ccsc4)C[C@@H]3CO)c2c1. The van der Waals surface area contributed by atoms with Crippen LogP contribution in [0.15, 0.2) is 47.3 Å². The smallest absolute Gasteiger partial charge is 0.119 e. The predicted octanol–water partition coefficient (Wildman–Crippen LogP) is 4.10. The highest BCUT2D eigenvalue weighted by atomic mass is 32.1. The van der Waals surface area contributed by atoms with E-state index in [1.165, 1.54) is 0 Å². The zero-order chi connectivity index (χ0) is 22.3. The number of rotatable bonds is 7. The van der Waals surface area contributed by atoms with E-state index in [2.05, 4.69) is 27.1 Å². The van der Waals surface area contributed by atoms with Gasteiger partial charge in [-0.05, 0) is 78.9 Å². The molecule has 1 aliphatic rings. The van der Waals surface area contributed by atoms with Crippen LogP contribution in [0.3, 0.4) is 0 Å². The first-order valence-corrected chi connectivity index (χ1v) is 12.1. The van der Waals surface area contributed by atoms with E-state index in [4.69, 9.17) is 4.74 Å². The molecule has 0 bridgehead atoms.